The number of aromatic nitrogens is 1. The van der Waals surface area contributed by atoms with Gasteiger partial charge < -0.3 is 15.6 Å². The molecule has 0 saturated carbocycles. The van der Waals surface area contributed by atoms with Crippen LogP contribution in [-0.2, 0) is 11.2 Å². The molecule has 16 heavy (non-hydrogen) atoms. The quantitative estimate of drug-likeness (QED) is 0.787. The Kier molecular flexibility index (Phi) is 3.12. The van der Waals surface area contributed by atoms with E-state index in [2.05, 4.69) is 4.98 Å². The summed E-state index contributed by atoms with van der Waals surface area (Å²) in [5, 5.41) is 10.5. The third-order valence-electron chi connectivity index (χ3n) is 3.10. The predicted octanol–water partition coefficient (Wildman–Crippen LogP) is 1.14. The summed E-state index contributed by atoms with van der Waals surface area (Å²) in [6.07, 6.45) is 5.37. The van der Waals surface area contributed by atoms with Gasteiger partial charge in [0.1, 0.15) is 0 Å². The first kappa shape index (κ1) is 11.4. The maximum absolute atomic E-state index is 10.5. The van der Waals surface area contributed by atoms with Gasteiger partial charge in [-0.2, -0.15) is 0 Å². The smallest absolute Gasteiger partial charge is 0.0735 e. The van der Waals surface area contributed by atoms with Crippen molar-refractivity contribution in [3.8, 4) is 0 Å². The van der Waals surface area contributed by atoms with E-state index >= 15 is 0 Å². The number of nitrogens with zero attached hydrogens (tertiary/aromatic N) is 1. The molecule has 2 atom stereocenters. The van der Waals surface area contributed by atoms with Gasteiger partial charge in [0.05, 0.1) is 11.7 Å². The van der Waals surface area contributed by atoms with Gasteiger partial charge in [0, 0.05) is 37.5 Å². The zero-order valence-electron chi connectivity index (χ0n) is 9.52. The summed E-state index contributed by atoms with van der Waals surface area (Å²) in [4.78, 5) is 4.04. The van der Waals surface area contributed by atoms with Crippen molar-refractivity contribution >= 4 is 5.69 Å². The molecule has 3 N–H and O–H groups in total. The van der Waals surface area contributed by atoms with Crippen LogP contribution < -0.4 is 5.73 Å². The van der Waals surface area contributed by atoms with E-state index in [9.17, 15) is 5.11 Å². The van der Waals surface area contributed by atoms with E-state index in [4.69, 9.17) is 10.5 Å². The van der Waals surface area contributed by atoms with Gasteiger partial charge in [-0.3, -0.25) is 4.98 Å². The van der Waals surface area contributed by atoms with Crippen molar-refractivity contribution < 1.29 is 9.84 Å². The summed E-state index contributed by atoms with van der Waals surface area (Å²) in [7, 11) is 0. The summed E-state index contributed by atoms with van der Waals surface area (Å²) in [6.45, 7) is 2.59. The second-order valence-electron chi connectivity index (χ2n) is 4.61. The van der Waals surface area contributed by atoms with Gasteiger partial charge in [-0.05, 0) is 25.0 Å². The molecule has 0 radical (unpaired) electrons. The molecular formula is C12H18N2O2. The van der Waals surface area contributed by atoms with Gasteiger partial charge in [-0.25, -0.2) is 0 Å². The van der Waals surface area contributed by atoms with E-state index in [1.54, 1.807) is 18.5 Å². The second-order valence-corrected chi connectivity index (χ2v) is 4.61. The van der Waals surface area contributed by atoms with E-state index in [1.807, 2.05) is 6.92 Å². The summed E-state index contributed by atoms with van der Waals surface area (Å²) >= 11 is 0. The lowest BCUT2D eigenvalue weighted by molar-refractivity contribution is -0.0960. The van der Waals surface area contributed by atoms with Crippen molar-refractivity contribution in [3.63, 3.8) is 0 Å². The van der Waals surface area contributed by atoms with Crippen molar-refractivity contribution in [2.24, 2.45) is 0 Å². The average Bonchev–Trinajstić information content (AvgIpc) is 2.21. The standard InChI is InChI=1S/C12H18N2O2/c1-9-6-12(15,3-5-16-9)7-10-8-14-4-2-11(10)13/h2,4,8-9,15H,3,5-7H2,1H3,(H2,13,14). The Hall–Kier alpha value is -1.13. The predicted molar refractivity (Wildman–Crippen MR) is 62.0 cm³/mol. The highest BCUT2D eigenvalue weighted by molar-refractivity contribution is 5.45. The van der Waals surface area contributed by atoms with Gasteiger partial charge in [-0.1, -0.05) is 0 Å². The van der Waals surface area contributed by atoms with E-state index < -0.39 is 5.60 Å². The van der Waals surface area contributed by atoms with Crippen LogP contribution in [0.25, 0.3) is 0 Å². The van der Waals surface area contributed by atoms with E-state index in [1.165, 1.54) is 0 Å². The maximum Gasteiger partial charge on any atom is 0.0735 e. The number of pyridine rings is 1. The van der Waals surface area contributed by atoms with Crippen LogP contribution in [0.1, 0.15) is 25.3 Å². The fraction of sp³-hybridized carbons (Fsp3) is 0.583. The Bertz CT molecular complexity index is 370. The topological polar surface area (TPSA) is 68.4 Å². The Balaban J connectivity index is 2.11. The molecule has 2 unspecified atom stereocenters. The number of hydrogen-bond donors (Lipinski definition) is 2. The van der Waals surface area contributed by atoms with Gasteiger partial charge in [0.15, 0.2) is 0 Å². The van der Waals surface area contributed by atoms with Crippen LogP contribution in [0.2, 0.25) is 0 Å². The molecule has 4 heteroatoms. The lowest BCUT2D eigenvalue weighted by atomic mass is 9.85. The van der Waals surface area contributed by atoms with E-state index in [0.717, 1.165) is 5.56 Å². The number of ether oxygens (including phenoxy) is 1. The lowest BCUT2D eigenvalue weighted by Gasteiger charge is -2.35. The van der Waals surface area contributed by atoms with Gasteiger partial charge in [-0.15, -0.1) is 0 Å². The SMILES string of the molecule is CC1CC(O)(Cc2cnccc2N)CCO1. The Morgan fingerprint density at radius 3 is 3.19 bits per heavy atom. The third-order valence-corrected chi connectivity index (χ3v) is 3.10. The first-order valence-electron chi connectivity index (χ1n) is 5.61. The Morgan fingerprint density at radius 1 is 1.69 bits per heavy atom. The number of anilines is 1. The van der Waals surface area contributed by atoms with E-state index in [0.29, 0.717) is 31.6 Å². The molecule has 88 valence electrons. The molecular weight excluding hydrogens is 204 g/mol. The molecule has 2 rings (SSSR count). The fourth-order valence-electron chi connectivity index (χ4n) is 2.25. The Labute approximate surface area is 95.4 Å². The third kappa shape index (κ3) is 2.51. The zero-order chi connectivity index (χ0) is 11.6. The summed E-state index contributed by atoms with van der Waals surface area (Å²) in [5.74, 6) is 0. The highest BCUT2D eigenvalue weighted by Crippen LogP contribution is 2.29. The molecule has 0 amide bonds. The van der Waals surface area contributed by atoms with Crippen molar-refractivity contribution in [2.75, 3.05) is 12.3 Å². The zero-order valence-corrected chi connectivity index (χ0v) is 9.52. The fourth-order valence-corrected chi connectivity index (χ4v) is 2.25. The minimum absolute atomic E-state index is 0.108. The van der Waals surface area contributed by atoms with Gasteiger partial charge in [0.25, 0.3) is 0 Å². The molecule has 1 saturated heterocycles. The molecule has 0 aliphatic carbocycles. The molecule has 1 aliphatic heterocycles. The largest absolute Gasteiger partial charge is 0.398 e. The van der Waals surface area contributed by atoms with Crippen LogP contribution in [0.4, 0.5) is 5.69 Å². The number of aliphatic hydroxyl groups is 1. The average molecular weight is 222 g/mol. The van der Waals surface area contributed by atoms with Crippen molar-refractivity contribution in [1.82, 2.24) is 4.98 Å². The number of rotatable bonds is 2. The molecule has 1 aliphatic rings. The van der Waals surface area contributed by atoms with Crippen LogP contribution in [0.5, 0.6) is 0 Å². The molecule has 0 spiro atoms. The van der Waals surface area contributed by atoms with Crippen molar-refractivity contribution in [3.05, 3.63) is 24.0 Å². The number of hydrogen-bond acceptors (Lipinski definition) is 4. The highest BCUT2D eigenvalue weighted by Gasteiger charge is 2.33. The van der Waals surface area contributed by atoms with Crippen LogP contribution in [0.15, 0.2) is 18.5 Å². The molecule has 0 aromatic carbocycles. The first-order valence-corrected chi connectivity index (χ1v) is 5.61. The minimum Gasteiger partial charge on any atom is -0.398 e. The summed E-state index contributed by atoms with van der Waals surface area (Å²) in [6, 6.07) is 1.77. The summed E-state index contributed by atoms with van der Waals surface area (Å²) in [5.41, 5.74) is 6.76. The van der Waals surface area contributed by atoms with Crippen molar-refractivity contribution in [1.29, 1.82) is 0 Å². The Morgan fingerprint density at radius 2 is 2.50 bits per heavy atom. The van der Waals surface area contributed by atoms with Crippen molar-refractivity contribution in [2.45, 2.75) is 37.9 Å². The summed E-state index contributed by atoms with van der Waals surface area (Å²) < 4.78 is 5.43. The molecule has 4 nitrogen and oxygen atoms in total. The molecule has 1 aromatic heterocycles. The molecule has 2 heterocycles. The maximum atomic E-state index is 10.5. The van der Waals surface area contributed by atoms with Crippen LogP contribution in [-0.4, -0.2) is 28.4 Å². The van der Waals surface area contributed by atoms with Gasteiger partial charge >= 0.3 is 0 Å². The minimum atomic E-state index is -0.700. The van der Waals surface area contributed by atoms with Crippen LogP contribution >= 0.6 is 0 Å². The molecule has 1 fully saturated rings. The number of nitrogens with two attached hydrogens (primary N) is 1. The lowest BCUT2D eigenvalue weighted by Crippen LogP contribution is -2.41. The highest BCUT2D eigenvalue weighted by atomic mass is 16.5. The van der Waals surface area contributed by atoms with Gasteiger partial charge in [0.2, 0.25) is 0 Å². The number of nitrogen functional groups attached to an aromatic ring is 1. The monoisotopic (exact) mass is 222 g/mol. The van der Waals surface area contributed by atoms with Crippen LogP contribution in [0, 0.1) is 0 Å². The van der Waals surface area contributed by atoms with E-state index in [-0.39, 0.29) is 6.10 Å². The second kappa shape index (κ2) is 4.39. The van der Waals surface area contributed by atoms with Crippen LogP contribution in [0.3, 0.4) is 0 Å². The normalized spacial score (nSPS) is 30.2. The molecule has 1 aromatic rings. The first-order chi connectivity index (χ1) is 7.59. The molecule has 0 bridgehead atoms.